The third-order valence-corrected chi connectivity index (χ3v) is 2.07. The van der Waals surface area contributed by atoms with E-state index >= 15 is 0 Å². The maximum atomic E-state index is 10.9. The molecule has 0 saturated heterocycles. The van der Waals surface area contributed by atoms with Crippen molar-refractivity contribution in [3.63, 3.8) is 0 Å². The molecular weight excluding hydrogens is 192 g/mol. The second kappa shape index (κ2) is 5.14. The van der Waals surface area contributed by atoms with Gasteiger partial charge in [0, 0.05) is 10.6 Å². The summed E-state index contributed by atoms with van der Waals surface area (Å²) in [5, 5.41) is 3.44. The van der Waals surface area contributed by atoms with Crippen molar-refractivity contribution >= 4 is 11.5 Å². The number of hydrogen-bond acceptors (Lipinski definition) is 3. The Hall–Kier alpha value is -1.84. The van der Waals surface area contributed by atoms with Crippen molar-refractivity contribution in [3.8, 4) is 0 Å². The Morgan fingerprint density at radius 3 is 2.60 bits per heavy atom. The van der Waals surface area contributed by atoms with E-state index in [2.05, 4.69) is 10.0 Å². The number of benzene rings is 1. The van der Waals surface area contributed by atoms with E-state index in [-0.39, 0.29) is 5.78 Å². The van der Waals surface area contributed by atoms with Crippen LogP contribution in [-0.4, -0.2) is 11.8 Å². The third kappa shape index (κ3) is 3.42. The quantitative estimate of drug-likeness (QED) is 0.462. The molecule has 0 aliphatic rings. The van der Waals surface area contributed by atoms with Gasteiger partial charge in [-0.2, -0.15) is 0 Å². The van der Waals surface area contributed by atoms with E-state index in [1.807, 2.05) is 0 Å². The first-order valence-corrected chi connectivity index (χ1v) is 4.53. The van der Waals surface area contributed by atoms with Crippen LogP contribution in [0.1, 0.15) is 12.5 Å². The summed E-state index contributed by atoms with van der Waals surface area (Å²) in [6.45, 7) is 1.47. The van der Waals surface area contributed by atoms with Crippen LogP contribution in [0.3, 0.4) is 0 Å². The number of azide groups is 1. The van der Waals surface area contributed by atoms with Crippen molar-refractivity contribution in [2.75, 3.05) is 0 Å². The number of Topliss-reactive ketones (excluding diaryl/α,β-unsaturated/α-hetero) is 1. The molecule has 0 saturated carbocycles. The number of rotatable bonds is 4. The molecule has 0 aliphatic carbocycles. The highest BCUT2D eigenvalue weighted by Gasteiger charge is 2.08. The zero-order valence-electron chi connectivity index (χ0n) is 8.42. The fraction of sp³-hybridized carbons (Fsp3) is 0.300. The molecule has 78 valence electrons. The summed E-state index contributed by atoms with van der Waals surface area (Å²) < 4.78 is 0. The molecule has 1 aromatic carbocycles. The van der Waals surface area contributed by atoms with Crippen LogP contribution in [0.4, 0.5) is 5.69 Å². The van der Waals surface area contributed by atoms with E-state index in [1.54, 1.807) is 24.3 Å². The Balaban J connectivity index is 2.72. The van der Waals surface area contributed by atoms with Crippen molar-refractivity contribution in [3.05, 3.63) is 40.3 Å². The average molecular weight is 204 g/mol. The van der Waals surface area contributed by atoms with Crippen LogP contribution < -0.4 is 5.73 Å². The highest BCUT2D eigenvalue weighted by molar-refractivity contribution is 5.81. The van der Waals surface area contributed by atoms with Gasteiger partial charge in [0.05, 0.1) is 6.04 Å². The molecule has 2 N–H and O–H groups in total. The van der Waals surface area contributed by atoms with Crippen LogP contribution in [0.5, 0.6) is 0 Å². The zero-order valence-corrected chi connectivity index (χ0v) is 8.42. The SMILES string of the molecule is CC(=O)[C@@H](N)Cc1ccc(N=[N+]=[N-])cc1. The minimum absolute atomic E-state index is 0.0332. The predicted molar refractivity (Wildman–Crippen MR) is 57.6 cm³/mol. The Morgan fingerprint density at radius 1 is 1.53 bits per heavy atom. The molecule has 15 heavy (non-hydrogen) atoms. The van der Waals surface area contributed by atoms with Crippen molar-refractivity contribution in [2.24, 2.45) is 10.8 Å². The molecule has 0 spiro atoms. The largest absolute Gasteiger partial charge is 0.321 e. The second-order valence-corrected chi connectivity index (χ2v) is 3.28. The lowest BCUT2D eigenvalue weighted by Crippen LogP contribution is -2.30. The zero-order chi connectivity index (χ0) is 11.3. The van der Waals surface area contributed by atoms with Gasteiger partial charge in [-0.3, -0.25) is 4.79 Å². The lowest BCUT2D eigenvalue weighted by molar-refractivity contribution is -0.118. The Labute approximate surface area is 87.5 Å². The Morgan fingerprint density at radius 2 is 2.13 bits per heavy atom. The number of carbonyl (C=O) groups excluding carboxylic acids is 1. The topological polar surface area (TPSA) is 91.9 Å². The van der Waals surface area contributed by atoms with Crippen molar-refractivity contribution < 1.29 is 4.79 Å². The molecule has 0 radical (unpaired) electrons. The molecule has 5 nitrogen and oxygen atoms in total. The number of ketones is 1. The molecule has 0 bridgehead atoms. The Bertz CT molecular complexity index is 392. The second-order valence-electron chi connectivity index (χ2n) is 3.28. The first-order valence-electron chi connectivity index (χ1n) is 4.53. The maximum Gasteiger partial charge on any atom is 0.146 e. The van der Waals surface area contributed by atoms with E-state index < -0.39 is 6.04 Å². The summed E-state index contributed by atoms with van der Waals surface area (Å²) in [5.74, 6) is -0.0332. The van der Waals surface area contributed by atoms with E-state index in [0.717, 1.165) is 5.56 Å². The fourth-order valence-corrected chi connectivity index (χ4v) is 1.15. The predicted octanol–water partition coefficient (Wildman–Crippen LogP) is 2.09. The number of hydrogen-bond donors (Lipinski definition) is 1. The van der Waals surface area contributed by atoms with Gasteiger partial charge in [0.25, 0.3) is 0 Å². The molecule has 0 amide bonds. The number of carbonyl (C=O) groups is 1. The van der Waals surface area contributed by atoms with Crippen molar-refractivity contribution in [1.29, 1.82) is 0 Å². The van der Waals surface area contributed by atoms with Gasteiger partial charge in [-0.05, 0) is 24.4 Å². The van der Waals surface area contributed by atoms with E-state index in [0.29, 0.717) is 12.1 Å². The number of nitrogens with zero attached hydrogens (tertiary/aromatic N) is 3. The van der Waals surface area contributed by atoms with Crippen LogP contribution >= 0.6 is 0 Å². The van der Waals surface area contributed by atoms with Crippen LogP contribution in [0.15, 0.2) is 29.4 Å². The van der Waals surface area contributed by atoms with Crippen molar-refractivity contribution in [2.45, 2.75) is 19.4 Å². The van der Waals surface area contributed by atoms with Gasteiger partial charge in [0.2, 0.25) is 0 Å². The van der Waals surface area contributed by atoms with Gasteiger partial charge in [-0.25, -0.2) is 0 Å². The van der Waals surface area contributed by atoms with E-state index in [4.69, 9.17) is 11.3 Å². The van der Waals surface area contributed by atoms with Crippen LogP contribution in [0.2, 0.25) is 0 Å². The summed E-state index contributed by atoms with van der Waals surface area (Å²) in [7, 11) is 0. The normalized spacial score (nSPS) is 11.6. The first-order chi connectivity index (χ1) is 7.13. The van der Waals surface area contributed by atoms with Gasteiger partial charge in [0.15, 0.2) is 0 Å². The van der Waals surface area contributed by atoms with Gasteiger partial charge in [-0.15, -0.1) is 0 Å². The summed E-state index contributed by atoms with van der Waals surface area (Å²) >= 11 is 0. The summed E-state index contributed by atoms with van der Waals surface area (Å²) in [6.07, 6.45) is 0.506. The van der Waals surface area contributed by atoms with Gasteiger partial charge >= 0.3 is 0 Å². The average Bonchev–Trinajstić information content (AvgIpc) is 2.21. The lowest BCUT2D eigenvalue weighted by Gasteiger charge is -2.07. The summed E-state index contributed by atoms with van der Waals surface area (Å²) in [4.78, 5) is 13.6. The van der Waals surface area contributed by atoms with Crippen LogP contribution in [0.25, 0.3) is 10.4 Å². The van der Waals surface area contributed by atoms with Crippen LogP contribution in [-0.2, 0) is 11.2 Å². The number of nitrogens with two attached hydrogens (primary N) is 1. The minimum Gasteiger partial charge on any atom is -0.321 e. The highest BCUT2D eigenvalue weighted by Crippen LogP contribution is 2.13. The smallest absolute Gasteiger partial charge is 0.146 e. The fourth-order valence-electron chi connectivity index (χ4n) is 1.15. The molecule has 0 aromatic heterocycles. The van der Waals surface area contributed by atoms with E-state index in [1.165, 1.54) is 6.92 Å². The maximum absolute atomic E-state index is 10.9. The minimum atomic E-state index is -0.463. The highest BCUT2D eigenvalue weighted by atomic mass is 16.1. The molecular formula is C10H12N4O. The van der Waals surface area contributed by atoms with Crippen molar-refractivity contribution in [1.82, 2.24) is 0 Å². The van der Waals surface area contributed by atoms with E-state index in [9.17, 15) is 4.79 Å². The van der Waals surface area contributed by atoms with Crippen LogP contribution in [0, 0.1) is 0 Å². The molecule has 0 fully saturated rings. The van der Waals surface area contributed by atoms with Gasteiger partial charge in [-0.1, -0.05) is 29.4 Å². The molecule has 5 heteroatoms. The van der Waals surface area contributed by atoms with Gasteiger partial charge in [0.1, 0.15) is 5.78 Å². The molecule has 0 unspecified atom stereocenters. The molecule has 1 aromatic rings. The Kier molecular flexibility index (Phi) is 3.85. The third-order valence-electron chi connectivity index (χ3n) is 2.07. The summed E-state index contributed by atoms with van der Waals surface area (Å²) in [6, 6.07) is 6.53. The lowest BCUT2D eigenvalue weighted by atomic mass is 10.0. The van der Waals surface area contributed by atoms with Gasteiger partial charge < -0.3 is 5.73 Å². The molecule has 0 heterocycles. The first kappa shape index (κ1) is 11.2. The molecule has 0 aliphatic heterocycles. The molecule has 1 atom stereocenters. The monoisotopic (exact) mass is 204 g/mol. The molecule has 1 rings (SSSR count). The standard InChI is InChI=1S/C10H12N4O/c1-7(15)10(11)6-8-2-4-9(5-3-8)13-14-12/h2-5,10H,6,11H2,1H3/t10-/m0/s1. The summed E-state index contributed by atoms with van der Waals surface area (Å²) in [5.41, 5.74) is 15.3.